The van der Waals surface area contributed by atoms with Gasteiger partial charge < -0.3 is 14.6 Å². The van der Waals surface area contributed by atoms with Crippen molar-refractivity contribution in [3.8, 4) is 0 Å². The molecule has 2 heterocycles. The van der Waals surface area contributed by atoms with Gasteiger partial charge in [-0.05, 0) is 56.2 Å². The Kier molecular flexibility index (Phi) is 6.92. The molecule has 10 heteroatoms. The quantitative estimate of drug-likeness (QED) is 0.552. The maximum atomic E-state index is 13.3. The van der Waals surface area contributed by atoms with Crippen molar-refractivity contribution in [3.63, 3.8) is 0 Å². The molecule has 0 bridgehead atoms. The molecule has 0 spiro atoms. The molecule has 1 aliphatic rings. The van der Waals surface area contributed by atoms with Crippen molar-refractivity contribution in [2.75, 3.05) is 13.7 Å². The van der Waals surface area contributed by atoms with E-state index in [1.165, 1.54) is 21.3 Å². The van der Waals surface area contributed by atoms with E-state index in [2.05, 4.69) is 9.97 Å². The molecule has 0 unspecified atom stereocenters. The second kappa shape index (κ2) is 9.70. The Bertz CT molecular complexity index is 1200. The van der Waals surface area contributed by atoms with Gasteiger partial charge in [-0.2, -0.15) is 4.31 Å². The summed E-state index contributed by atoms with van der Waals surface area (Å²) in [5.74, 6) is 0.647. The SMILES string of the molecule is C[C@@H]1CCC[C@H](COC(=O)N(C)Cc2nc3ccccc3[nH]2)N1S(=O)(=O)c1ccc(Cl)cc1. The Morgan fingerprint density at radius 1 is 1.21 bits per heavy atom. The first-order valence-corrected chi connectivity index (χ1v) is 12.7. The predicted octanol–water partition coefficient (Wildman–Crippen LogP) is 4.42. The first-order chi connectivity index (χ1) is 15.8. The second-order valence-corrected chi connectivity index (χ2v) is 10.6. The van der Waals surface area contributed by atoms with Gasteiger partial charge in [-0.15, -0.1) is 0 Å². The zero-order valence-corrected chi connectivity index (χ0v) is 20.1. The van der Waals surface area contributed by atoms with Crippen LogP contribution in [0.25, 0.3) is 11.0 Å². The number of ether oxygens (including phenoxy) is 1. The standard InChI is InChI=1S/C23H27ClN4O4S/c1-16-6-5-7-18(28(16)33(30,31)19-12-10-17(24)11-13-19)15-32-23(29)27(2)14-22-25-20-8-3-4-9-21(20)26-22/h3-4,8-13,16,18H,5-7,14-15H2,1-2H3,(H,25,26)/t16-,18-/m1/s1. The highest BCUT2D eigenvalue weighted by molar-refractivity contribution is 7.89. The number of nitrogens with zero attached hydrogens (tertiary/aromatic N) is 3. The number of H-pyrrole nitrogens is 1. The first kappa shape index (κ1) is 23.5. The average Bonchev–Trinajstić information content (AvgIpc) is 3.19. The van der Waals surface area contributed by atoms with E-state index in [0.717, 1.165) is 23.9 Å². The molecule has 33 heavy (non-hydrogen) atoms. The van der Waals surface area contributed by atoms with Crippen LogP contribution in [0.5, 0.6) is 0 Å². The number of halogens is 1. The van der Waals surface area contributed by atoms with E-state index >= 15 is 0 Å². The van der Waals surface area contributed by atoms with Crippen LogP contribution in [0.1, 0.15) is 32.0 Å². The van der Waals surface area contributed by atoms with Crippen LogP contribution in [0.3, 0.4) is 0 Å². The van der Waals surface area contributed by atoms with Crippen LogP contribution in [0.15, 0.2) is 53.4 Å². The number of para-hydroxylation sites is 2. The third-order valence-electron chi connectivity index (χ3n) is 5.88. The van der Waals surface area contributed by atoms with Crippen LogP contribution in [0.4, 0.5) is 4.79 Å². The molecule has 176 valence electrons. The minimum atomic E-state index is -3.75. The molecule has 1 aromatic heterocycles. The number of hydrogen-bond donors (Lipinski definition) is 1. The lowest BCUT2D eigenvalue weighted by Crippen LogP contribution is -2.51. The number of hydrogen-bond acceptors (Lipinski definition) is 5. The monoisotopic (exact) mass is 490 g/mol. The van der Waals surface area contributed by atoms with Crippen molar-refractivity contribution in [1.29, 1.82) is 0 Å². The highest BCUT2D eigenvalue weighted by atomic mass is 35.5. The Labute approximate surface area is 198 Å². The number of carbonyl (C=O) groups is 1. The zero-order chi connectivity index (χ0) is 23.6. The molecule has 3 aromatic rings. The first-order valence-electron chi connectivity index (χ1n) is 10.9. The Balaban J connectivity index is 1.42. The largest absolute Gasteiger partial charge is 0.448 e. The van der Waals surface area contributed by atoms with Crippen LogP contribution < -0.4 is 0 Å². The number of amides is 1. The summed E-state index contributed by atoms with van der Waals surface area (Å²) in [6, 6.07) is 13.1. The molecular formula is C23H27ClN4O4S. The van der Waals surface area contributed by atoms with E-state index < -0.39 is 22.2 Å². The van der Waals surface area contributed by atoms with E-state index in [0.29, 0.717) is 17.3 Å². The molecule has 0 saturated carbocycles. The summed E-state index contributed by atoms with van der Waals surface area (Å²) >= 11 is 5.92. The van der Waals surface area contributed by atoms with Crippen LogP contribution in [-0.2, 0) is 21.3 Å². The Hall–Kier alpha value is -2.62. The number of fused-ring (bicyclic) bond motifs is 1. The molecule has 1 N–H and O–H groups in total. The van der Waals surface area contributed by atoms with Crippen LogP contribution in [-0.4, -0.2) is 59.4 Å². The van der Waals surface area contributed by atoms with Crippen molar-refractivity contribution < 1.29 is 17.9 Å². The number of aromatic amines is 1. The van der Waals surface area contributed by atoms with Gasteiger partial charge in [0.05, 0.1) is 28.5 Å². The Morgan fingerprint density at radius 2 is 1.94 bits per heavy atom. The minimum absolute atomic E-state index is 0.0134. The lowest BCUT2D eigenvalue weighted by molar-refractivity contribution is 0.0679. The van der Waals surface area contributed by atoms with E-state index in [4.69, 9.17) is 16.3 Å². The van der Waals surface area contributed by atoms with Crippen molar-refractivity contribution in [1.82, 2.24) is 19.2 Å². The normalized spacial score (nSPS) is 19.5. The zero-order valence-electron chi connectivity index (χ0n) is 18.6. The number of piperidine rings is 1. The minimum Gasteiger partial charge on any atom is -0.448 e. The van der Waals surface area contributed by atoms with E-state index in [-0.39, 0.29) is 24.1 Å². The molecule has 2 aromatic carbocycles. The van der Waals surface area contributed by atoms with Gasteiger partial charge in [-0.1, -0.05) is 30.2 Å². The molecule has 8 nitrogen and oxygen atoms in total. The molecular weight excluding hydrogens is 464 g/mol. The highest BCUT2D eigenvalue weighted by Crippen LogP contribution is 2.30. The summed E-state index contributed by atoms with van der Waals surface area (Å²) in [4.78, 5) is 21.9. The number of benzene rings is 2. The second-order valence-electron chi connectivity index (χ2n) is 8.36. The molecule has 1 saturated heterocycles. The van der Waals surface area contributed by atoms with E-state index in [1.807, 2.05) is 31.2 Å². The van der Waals surface area contributed by atoms with Gasteiger partial charge in [0, 0.05) is 18.1 Å². The molecule has 0 aliphatic carbocycles. The molecule has 1 amide bonds. The molecule has 4 rings (SSSR count). The van der Waals surface area contributed by atoms with E-state index in [1.54, 1.807) is 19.2 Å². The lowest BCUT2D eigenvalue weighted by Gasteiger charge is -2.39. The summed E-state index contributed by atoms with van der Waals surface area (Å²) in [7, 11) is -2.13. The summed E-state index contributed by atoms with van der Waals surface area (Å²) in [5, 5.41) is 0.471. The van der Waals surface area contributed by atoms with Gasteiger partial charge in [-0.25, -0.2) is 18.2 Å². The fourth-order valence-electron chi connectivity index (χ4n) is 4.23. The maximum Gasteiger partial charge on any atom is 0.409 e. The number of carbonyl (C=O) groups excluding carboxylic acids is 1. The number of nitrogens with one attached hydrogen (secondary N) is 1. The third kappa shape index (κ3) is 5.15. The number of aromatic nitrogens is 2. The van der Waals surface area contributed by atoms with Gasteiger partial charge in [0.2, 0.25) is 10.0 Å². The molecule has 0 radical (unpaired) electrons. The fourth-order valence-corrected chi connectivity index (χ4v) is 6.22. The molecule has 1 aliphatic heterocycles. The molecule has 1 fully saturated rings. The van der Waals surface area contributed by atoms with Crippen LogP contribution >= 0.6 is 11.6 Å². The summed E-state index contributed by atoms with van der Waals surface area (Å²) in [6.45, 7) is 2.12. The highest BCUT2D eigenvalue weighted by Gasteiger charge is 2.38. The topological polar surface area (TPSA) is 95.6 Å². The van der Waals surface area contributed by atoms with Crippen LogP contribution in [0.2, 0.25) is 5.02 Å². The number of rotatable bonds is 6. The van der Waals surface area contributed by atoms with Crippen molar-refractivity contribution >= 4 is 38.8 Å². The predicted molar refractivity (Wildman–Crippen MR) is 126 cm³/mol. The summed E-state index contributed by atoms with van der Waals surface area (Å²) in [5.41, 5.74) is 1.72. The van der Waals surface area contributed by atoms with Crippen molar-refractivity contribution in [3.05, 3.63) is 59.4 Å². The van der Waals surface area contributed by atoms with Crippen LogP contribution in [0, 0.1) is 0 Å². The van der Waals surface area contributed by atoms with Gasteiger partial charge in [0.15, 0.2) is 0 Å². The van der Waals surface area contributed by atoms with Gasteiger partial charge in [0.25, 0.3) is 0 Å². The maximum absolute atomic E-state index is 13.3. The van der Waals surface area contributed by atoms with Gasteiger partial charge >= 0.3 is 6.09 Å². The summed E-state index contributed by atoms with van der Waals surface area (Å²) in [6.07, 6.45) is 1.71. The Morgan fingerprint density at radius 3 is 2.67 bits per heavy atom. The van der Waals surface area contributed by atoms with Gasteiger partial charge in [0.1, 0.15) is 12.4 Å². The summed E-state index contributed by atoms with van der Waals surface area (Å²) < 4.78 is 33.7. The fraction of sp³-hybridized carbons (Fsp3) is 0.391. The van der Waals surface area contributed by atoms with Gasteiger partial charge in [-0.3, -0.25) is 0 Å². The smallest absolute Gasteiger partial charge is 0.409 e. The lowest BCUT2D eigenvalue weighted by atomic mass is 10.0. The average molecular weight is 491 g/mol. The van der Waals surface area contributed by atoms with Crippen molar-refractivity contribution in [2.45, 2.75) is 49.7 Å². The number of imidazole rings is 1. The van der Waals surface area contributed by atoms with Crippen molar-refractivity contribution in [2.24, 2.45) is 0 Å². The number of sulfonamides is 1. The molecule has 2 atom stereocenters. The third-order valence-corrected chi connectivity index (χ3v) is 8.21. The van der Waals surface area contributed by atoms with E-state index in [9.17, 15) is 13.2 Å².